The third-order valence-corrected chi connectivity index (χ3v) is 3.06. The topological polar surface area (TPSA) is 110 Å². The first-order valence-corrected chi connectivity index (χ1v) is 4.85. The number of carbonyl (C=O) groups is 1. The molecule has 4 atom stereocenters. The zero-order valence-electron chi connectivity index (χ0n) is 8.28. The molecule has 0 spiro atoms. The summed E-state index contributed by atoms with van der Waals surface area (Å²) < 4.78 is 5.10. The Morgan fingerprint density at radius 1 is 1.56 bits per heavy atom. The minimum atomic E-state index is -1.41. The Balaban J connectivity index is 2.34. The number of aliphatic hydroxyl groups is 1. The second-order valence-electron chi connectivity index (χ2n) is 4.12. The molecule has 7 heteroatoms. The first kappa shape index (κ1) is 11.0. The first-order chi connectivity index (χ1) is 7.44. The van der Waals surface area contributed by atoms with Crippen LogP contribution in [0.1, 0.15) is 12.8 Å². The van der Waals surface area contributed by atoms with E-state index in [1.165, 1.54) is 12.2 Å². The van der Waals surface area contributed by atoms with Gasteiger partial charge in [0.25, 0.3) is 0 Å². The number of carboxylic acid groups (broad SMARTS) is 1. The maximum Gasteiger partial charge on any atom is 0.333 e. The zero-order chi connectivity index (χ0) is 11.9. The monoisotopic (exact) mass is 229 g/mol. The van der Waals surface area contributed by atoms with Gasteiger partial charge in [-0.2, -0.15) is 0 Å². The molecule has 0 aromatic heterocycles. The number of aliphatic hydroxyl groups excluding tert-OH is 1. The van der Waals surface area contributed by atoms with Crippen LogP contribution in [0, 0.1) is 10.1 Å². The number of aliphatic carboxylic acids is 1. The molecule has 2 bridgehead atoms. The van der Waals surface area contributed by atoms with Crippen molar-refractivity contribution in [1.82, 2.24) is 0 Å². The predicted octanol–water partition coefficient (Wildman–Crippen LogP) is -0.435. The molecule has 2 N–H and O–H groups in total. The number of nitro groups is 1. The lowest BCUT2D eigenvalue weighted by molar-refractivity contribution is -0.567. The molecule has 0 aromatic rings. The normalized spacial score (nSPS) is 41.7. The van der Waals surface area contributed by atoms with E-state index in [9.17, 15) is 20.0 Å². The molecule has 7 nitrogen and oxygen atoms in total. The summed E-state index contributed by atoms with van der Waals surface area (Å²) in [5, 5.41) is 29.3. The SMILES string of the molecule is O=C(O)[C@@H]1C[C@]2([N+](=O)[O-])C=C[C@@H](O)[C@@H](C2)O1. The van der Waals surface area contributed by atoms with Crippen molar-refractivity contribution in [3.8, 4) is 0 Å². The van der Waals surface area contributed by atoms with Crippen LogP contribution >= 0.6 is 0 Å². The third kappa shape index (κ3) is 1.57. The molecule has 1 aliphatic carbocycles. The highest BCUT2D eigenvalue weighted by atomic mass is 16.6. The van der Waals surface area contributed by atoms with E-state index in [0.717, 1.165) is 0 Å². The molecule has 1 aliphatic heterocycles. The Morgan fingerprint density at radius 3 is 2.81 bits per heavy atom. The smallest absolute Gasteiger partial charge is 0.333 e. The lowest BCUT2D eigenvalue weighted by atomic mass is 9.78. The first-order valence-electron chi connectivity index (χ1n) is 4.85. The maximum atomic E-state index is 11.0. The van der Waals surface area contributed by atoms with Crippen molar-refractivity contribution in [3.63, 3.8) is 0 Å². The molecule has 0 radical (unpaired) electrons. The van der Waals surface area contributed by atoms with E-state index in [-0.39, 0.29) is 12.8 Å². The lowest BCUT2D eigenvalue weighted by Crippen LogP contribution is -2.56. The summed E-state index contributed by atoms with van der Waals surface area (Å²) in [6.07, 6.45) is -0.623. The molecule has 2 aliphatic rings. The highest BCUT2D eigenvalue weighted by Crippen LogP contribution is 2.37. The molecular formula is C9H11NO6. The minimum Gasteiger partial charge on any atom is -0.479 e. The van der Waals surface area contributed by atoms with E-state index in [2.05, 4.69) is 0 Å². The van der Waals surface area contributed by atoms with Crippen molar-refractivity contribution in [2.24, 2.45) is 0 Å². The van der Waals surface area contributed by atoms with E-state index in [0.29, 0.717) is 0 Å². The quantitative estimate of drug-likeness (QED) is 0.377. The van der Waals surface area contributed by atoms with Crippen molar-refractivity contribution >= 4 is 5.97 Å². The van der Waals surface area contributed by atoms with Crippen LogP contribution in [-0.4, -0.2) is 45.0 Å². The van der Waals surface area contributed by atoms with Crippen molar-refractivity contribution in [1.29, 1.82) is 0 Å². The summed E-state index contributed by atoms with van der Waals surface area (Å²) in [5.41, 5.74) is -1.41. The molecule has 1 heterocycles. The molecule has 88 valence electrons. The molecule has 0 aromatic carbocycles. The second-order valence-corrected chi connectivity index (χ2v) is 4.12. The molecular weight excluding hydrogens is 218 g/mol. The Kier molecular flexibility index (Phi) is 2.43. The fraction of sp³-hybridized carbons (Fsp3) is 0.667. The summed E-state index contributed by atoms with van der Waals surface area (Å²) in [5.74, 6) is -1.24. The largest absolute Gasteiger partial charge is 0.479 e. The van der Waals surface area contributed by atoms with Gasteiger partial charge < -0.3 is 14.9 Å². The average Bonchev–Trinajstić information content (AvgIpc) is 2.23. The van der Waals surface area contributed by atoms with E-state index >= 15 is 0 Å². The zero-order valence-corrected chi connectivity index (χ0v) is 8.28. The van der Waals surface area contributed by atoms with Gasteiger partial charge in [0.15, 0.2) is 6.10 Å². The van der Waals surface area contributed by atoms with Gasteiger partial charge >= 0.3 is 5.97 Å². The van der Waals surface area contributed by atoms with E-state index in [1.54, 1.807) is 0 Å². The number of hydrogen-bond acceptors (Lipinski definition) is 5. The number of ether oxygens (including phenoxy) is 1. The highest BCUT2D eigenvalue weighted by Gasteiger charge is 2.54. The Labute approximate surface area is 90.5 Å². The number of hydrogen-bond donors (Lipinski definition) is 2. The summed E-state index contributed by atoms with van der Waals surface area (Å²) in [4.78, 5) is 21.3. The van der Waals surface area contributed by atoms with Crippen LogP contribution in [0.5, 0.6) is 0 Å². The van der Waals surface area contributed by atoms with E-state index in [1.807, 2.05) is 0 Å². The van der Waals surface area contributed by atoms with Crippen LogP contribution in [0.25, 0.3) is 0 Å². The van der Waals surface area contributed by atoms with Gasteiger partial charge in [0, 0.05) is 4.92 Å². The molecule has 0 saturated carbocycles. The Morgan fingerprint density at radius 2 is 2.25 bits per heavy atom. The van der Waals surface area contributed by atoms with Gasteiger partial charge in [-0.3, -0.25) is 10.1 Å². The summed E-state index contributed by atoms with van der Waals surface area (Å²) in [6, 6.07) is 0. The summed E-state index contributed by atoms with van der Waals surface area (Å²) >= 11 is 0. The predicted molar refractivity (Wildman–Crippen MR) is 50.4 cm³/mol. The van der Waals surface area contributed by atoms with Gasteiger partial charge in [0.2, 0.25) is 5.54 Å². The van der Waals surface area contributed by atoms with Gasteiger partial charge in [-0.1, -0.05) is 6.08 Å². The standard InChI is InChI=1S/C9H11NO6/c11-5-1-2-9(10(14)15)3-6(5)16-7(4-9)8(12)13/h1-2,5-7,11H,3-4H2,(H,12,13)/t5-,6-,7+,9+/m1/s1. The van der Waals surface area contributed by atoms with Crippen LogP contribution in [-0.2, 0) is 9.53 Å². The molecule has 1 fully saturated rings. The van der Waals surface area contributed by atoms with Gasteiger partial charge in [-0.05, 0) is 6.08 Å². The minimum absolute atomic E-state index is 0.0153. The van der Waals surface area contributed by atoms with Crippen molar-refractivity contribution in [2.75, 3.05) is 0 Å². The number of carboxylic acids is 1. The summed E-state index contributed by atoms with van der Waals surface area (Å²) in [7, 11) is 0. The van der Waals surface area contributed by atoms with Crippen molar-refractivity contribution in [3.05, 3.63) is 22.3 Å². The fourth-order valence-electron chi connectivity index (χ4n) is 2.15. The van der Waals surface area contributed by atoms with Crippen molar-refractivity contribution in [2.45, 2.75) is 36.7 Å². The van der Waals surface area contributed by atoms with Gasteiger partial charge in [0.1, 0.15) is 0 Å². The fourth-order valence-corrected chi connectivity index (χ4v) is 2.15. The average molecular weight is 229 g/mol. The van der Waals surface area contributed by atoms with Gasteiger partial charge in [-0.25, -0.2) is 4.79 Å². The Bertz CT molecular complexity index is 367. The number of nitrogens with zero attached hydrogens (tertiary/aromatic N) is 1. The molecule has 0 amide bonds. The second kappa shape index (κ2) is 3.53. The van der Waals surface area contributed by atoms with Crippen molar-refractivity contribution < 1.29 is 24.7 Å². The summed E-state index contributed by atoms with van der Waals surface area (Å²) in [6.45, 7) is 0. The van der Waals surface area contributed by atoms with Gasteiger partial charge in [0.05, 0.1) is 25.0 Å². The van der Waals surface area contributed by atoms with Gasteiger partial charge in [-0.15, -0.1) is 0 Å². The molecule has 1 saturated heterocycles. The van der Waals surface area contributed by atoms with Crippen LogP contribution < -0.4 is 0 Å². The Hall–Kier alpha value is -1.47. The van der Waals surface area contributed by atoms with Crippen LogP contribution in [0.15, 0.2) is 12.2 Å². The molecule has 0 unspecified atom stereocenters. The number of fused-ring (bicyclic) bond motifs is 2. The van der Waals surface area contributed by atoms with Crippen LogP contribution in [0.2, 0.25) is 0 Å². The maximum absolute atomic E-state index is 11.0. The van der Waals surface area contributed by atoms with E-state index < -0.39 is 34.7 Å². The molecule has 2 rings (SSSR count). The third-order valence-electron chi connectivity index (χ3n) is 3.06. The van der Waals surface area contributed by atoms with Crippen LogP contribution in [0.3, 0.4) is 0 Å². The lowest BCUT2D eigenvalue weighted by Gasteiger charge is -2.39. The van der Waals surface area contributed by atoms with Crippen LogP contribution in [0.4, 0.5) is 0 Å². The number of rotatable bonds is 2. The highest BCUT2D eigenvalue weighted by molar-refractivity contribution is 5.72. The van der Waals surface area contributed by atoms with E-state index in [4.69, 9.17) is 9.84 Å². The molecule has 16 heavy (non-hydrogen) atoms.